The molecule has 0 saturated heterocycles. The van der Waals surface area contributed by atoms with Gasteiger partial charge in [0.15, 0.2) is 0 Å². The molecule has 0 aromatic heterocycles. The van der Waals surface area contributed by atoms with E-state index in [0.29, 0.717) is 12.2 Å². The molecule has 1 nitrogen and oxygen atoms in total. The normalized spacial score (nSPS) is 18.8. The molecule has 0 unspecified atom stereocenters. The Balaban J connectivity index is 2.39. The van der Waals surface area contributed by atoms with Crippen LogP contribution < -0.4 is 4.74 Å². The zero-order chi connectivity index (χ0) is 12.0. The summed E-state index contributed by atoms with van der Waals surface area (Å²) in [6, 6.07) is 3.59. The van der Waals surface area contributed by atoms with Crippen LogP contribution in [0, 0.1) is 6.42 Å². The maximum absolute atomic E-state index is 12.5. The van der Waals surface area contributed by atoms with Crippen LogP contribution in [0.25, 0.3) is 0 Å². The second kappa shape index (κ2) is 3.40. The molecule has 0 N–H and O–H groups in total. The van der Waals surface area contributed by atoms with Gasteiger partial charge in [0, 0.05) is 0 Å². The van der Waals surface area contributed by atoms with Crippen LogP contribution in [0.3, 0.4) is 0 Å². The second-order valence-corrected chi connectivity index (χ2v) is 4.52. The van der Waals surface area contributed by atoms with Crippen molar-refractivity contribution in [2.45, 2.75) is 32.0 Å². The van der Waals surface area contributed by atoms with Gasteiger partial charge in [-0.2, -0.15) is 13.2 Å². The molecule has 4 heteroatoms. The third kappa shape index (κ3) is 2.15. The Morgan fingerprint density at radius 1 is 1.25 bits per heavy atom. The summed E-state index contributed by atoms with van der Waals surface area (Å²) < 4.78 is 43.0. The molecule has 1 aromatic rings. The van der Waals surface area contributed by atoms with Crippen molar-refractivity contribution >= 4 is 0 Å². The maximum atomic E-state index is 12.5. The standard InChI is InChI=1S/C12H12F3O/c1-11(2)6-5-8-3-4-9(12(13,14)15)7-10(8)16-11/h3-5,7H,6H2,1-2H3. The molecule has 0 spiro atoms. The van der Waals surface area contributed by atoms with Crippen LogP contribution in [0.5, 0.6) is 5.75 Å². The van der Waals surface area contributed by atoms with Gasteiger partial charge in [0.05, 0.1) is 5.56 Å². The largest absolute Gasteiger partial charge is 0.488 e. The highest BCUT2D eigenvalue weighted by atomic mass is 19.4. The second-order valence-electron chi connectivity index (χ2n) is 4.52. The molecule has 1 radical (unpaired) electrons. The summed E-state index contributed by atoms with van der Waals surface area (Å²) in [6.45, 7) is 3.71. The fourth-order valence-electron chi connectivity index (χ4n) is 1.66. The highest BCUT2D eigenvalue weighted by molar-refractivity contribution is 5.45. The minimum atomic E-state index is -4.32. The lowest BCUT2D eigenvalue weighted by molar-refractivity contribution is -0.137. The molecule has 0 saturated carbocycles. The molecule has 0 atom stereocenters. The summed E-state index contributed by atoms with van der Waals surface area (Å²) in [6.07, 6.45) is -1.72. The summed E-state index contributed by atoms with van der Waals surface area (Å²) in [4.78, 5) is 0. The molecule has 1 aromatic carbocycles. The van der Waals surface area contributed by atoms with Crippen molar-refractivity contribution < 1.29 is 17.9 Å². The van der Waals surface area contributed by atoms with Gasteiger partial charge in [-0.05, 0) is 44.4 Å². The van der Waals surface area contributed by atoms with Crippen LogP contribution in [-0.2, 0) is 6.18 Å². The predicted molar refractivity (Wildman–Crippen MR) is 54.2 cm³/mol. The van der Waals surface area contributed by atoms with Crippen molar-refractivity contribution in [3.63, 3.8) is 0 Å². The van der Waals surface area contributed by atoms with Gasteiger partial charge in [-0.1, -0.05) is 6.07 Å². The Bertz CT molecular complexity index is 407. The van der Waals surface area contributed by atoms with Crippen molar-refractivity contribution in [1.82, 2.24) is 0 Å². The molecular weight excluding hydrogens is 217 g/mol. The van der Waals surface area contributed by atoms with Crippen LogP contribution in [0.2, 0.25) is 0 Å². The van der Waals surface area contributed by atoms with Crippen LogP contribution in [0.1, 0.15) is 31.4 Å². The van der Waals surface area contributed by atoms with Gasteiger partial charge in [0.1, 0.15) is 11.4 Å². The van der Waals surface area contributed by atoms with E-state index in [1.54, 1.807) is 0 Å². The number of benzene rings is 1. The smallest absolute Gasteiger partial charge is 0.416 e. The molecule has 16 heavy (non-hydrogen) atoms. The summed E-state index contributed by atoms with van der Waals surface area (Å²) in [5.74, 6) is 0.311. The number of alkyl halides is 3. The van der Waals surface area contributed by atoms with Gasteiger partial charge in [-0.25, -0.2) is 0 Å². The first-order valence-electron chi connectivity index (χ1n) is 5.01. The van der Waals surface area contributed by atoms with E-state index in [0.717, 1.165) is 17.7 Å². The van der Waals surface area contributed by atoms with Gasteiger partial charge in [-0.15, -0.1) is 0 Å². The average Bonchev–Trinajstić information content (AvgIpc) is 2.13. The van der Waals surface area contributed by atoms with Gasteiger partial charge < -0.3 is 4.74 Å². The molecule has 0 aliphatic carbocycles. The summed E-state index contributed by atoms with van der Waals surface area (Å²) in [5, 5.41) is 0. The molecule has 1 aliphatic rings. The lowest BCUT2D eigenvalue weighted by atomic mass is 9.93. The number of fused-ring (bicyclic) bond motifs is 1. The molecule has 87 valence electrons. The van der Waals surface area contributed by atoms with Gasteiger partial charge in [0.2, 0.25) is 0 Å². The monoisotopic (exact) mass is 229 g/mol. The van der Waals surface area contributed by atoms with Gasteiger partial charge >= 0.3 is 6.18 Å². The SMILES string of the molecule is CC1(C)C[CH]c2ccc(C(F)(F)F)cc2O1. The Hall–Kier alpha value is -1.19. The average molecular weight is 229 g/mol. The third-order valence-corrected chi connectivity index (χ3v) is 2.54. The van der Waals surface area contributed by atoms with Crippen LogP contribution in [-0.4, -0.2) is 5.60 Å². The molecular formula is C12H12F3O. The van der Waals surface area contributed by atoms with E-state index < -0.39 is 17.3 Å². The van der Waals surface area contributed by atoms with E-state index in [2.05, 4.69) is 0 Å². The summed E-state index contributed by atoms with van der Waals surface area (Å²) in [7, 11) is 0. The Labute approximate surface area is 92.2 Å². The first-order valence-corrected chi connectivity index (χ1v) is 5.01. The highest BCUT2D eigenvalue weighted by Gasteiger charge is 2.33. The van der Waals surface area contributed by atoms with E-state index in [1.807, 2.05) is 20.3 Å². The van der Waals surface area contributed by atoms with Crippen molar-refractivity contribution in [3.8, 4) is 5.75 Å². The predicted octanol–water partition coefficient (Wildman–Crippen LogP) is 3.82. The molecule has 0 amide bonds. The molecule has 2 rings (SSSR count). The topological polar surface area (TPSA) is 9.23 Å². The quantitative estimate of drug-likeness (QED) is 0.657. The van der Waals surface area contributed by atoms with Crippen molar-refractivity contribution in [1.29, 1.82) is 0 Å². The lowest BCUT2D eigenvalue weighted by Crippen LogP contribution is -2.32. The van der Waals surface area contributed by atoms with Crippen LogP contribution >= 0.6 is 0 Å². The first kappa shape index (κ1) is 11.3. The van der Waals surface area contributed by atoms with Gasteiger partial charge in [0.25, 0.3) is 0 Å². The van der Waals surface area contributed by atoms with Crippen LogP contribution in [0.15, 0.2) is 18.2 Å². The highest BCUT2D eigenvalue weighted by Crippen LogP contribution is 2.38. The van der Waals surface area contributed by atoms with E-state index in [-0.39, 0.29) is 0 Å². The van der Waals surface area contributed by atoms with E-state index in [1.165, 1.54) is 6.07 Å². The zero-order valence-corrected chi connectivity index (χ0v) is 9.06. The molecule has 1 heterocycles. The number of halogens is 3. The Kier molecular flexibility index (Phi) is 2.40. The zero-order valence-electron chi connectivity index (χ0n) is 9.06. The molecule has 1 aliphatic heterocycles. The lowest BCUT2D eigenvalue weighted by Gasteiger charge is -2.32. The van der Waals surface area contributed by atoms with Crippen molar-refractivity contribution in [2.75, 3.05) is 0 Å². The Morgan fingerprint density at radius 3 is 2.56 bits per heavy atom. The van der Waals surface area contributed by atoms with E-state index in [9.17, 15) is 13.2 Å². The minimum absolute atomic E-state index is 0.311. The van der Waals surface area contributed by atoms with Gasteiger partial charge in [-0.3, -0.25) is 0 Å². The number of ether oxygens (including phenoxy) is 1. The third-order valence-electron chi connectivity index (χ3n) is 2.54. The molecule has 0 bridgehead atoms. The van der Waals surface area contributed by atoms with Crippen LogP contribution in [0.4, 0.5) is 13.2 Å². The fourth-order valence-corrected chi connectivity index (χ4v) is 1.66. The van der Waals surface area contributed by atoms with E-state index >= 15 is 0 Å². The number of hydrogen-bond donors (Lipinski definition) is 0. The molecule has 0 fully saturated rings. The number of hydrogen-bond acceptors (Lipinski definition) is 1. The maximum Gasteiger partial charge on any atom is 0.416 e. The van der Waals surface area contributed by atoms with Crippen molar-refractivity contribution in [2.24, 2.45) is 0 Å². The minimum Gasteiger partial charge on any atom is -0.488 e. The van der Waals surface area contributed by atoms with Crippen molar-refractivity contribution in [3.05, 3.63) is 35.7 Å². The summed E-state index contributed by atoms with van der Waals surface area (Å²) in [5.41, 5.74) is -0.373. The fraction of sp³-hybridized carbons (Fsp3) is 0.417. The van der Waals surface area contributed by atoms with E-state index in [4.69, 9.17) is 4.74 Å². The first-order chi connectivity index (χ1) is 7.28. The number of rotatable bonds is 0. The Morgan fingerprint density at radius 2 is 1.94 bits per heavy atom. The summed E-state index contributed by atoms with van der Waals surface area (Å²) >= 11 is 0.